The zero-order chi connectivity index (χ0) is 26.7. The summed E-state index contributed by atoms with van der Waals surface area (Å²) in [4.78, 5) is 35.2. The van der Waals surface area contributed by atoms with Crippen LogP contribution in [0.5, 0.6) is 0 Å². The van der Waals surface area contributed by atoms with Gasteiger partial charge in [0.1, 0.15) is 11.9 Å². The van der Waals surface area contributed by atoms with Crippen molar-refractivity contribution >= 4 is 23.5 Å². The summed E-state index contributed by atoms with van der Waals surface area (Å²) in [6, 6.07) is 4.72. The van der Waals surface area contributed by atoms with Gasteiger partial charge in [-0.15, -0.1) is 5.10 Å². The van der Waals surface area contributed by atoms with Gasteiger partial charge >= 0.3 is 6.09 Å². The molecule has 0 radical (unpaired) electrons. The molecule has 0 saturated carbocycles. The Morgan fingerprint density at radius 1 is 1.00 bits per heavy atom. The van der Waals surface area contributed by atoms with Gasteiger partial charge in [-0.05, 0) is 31.2 Å². The number of rotatable bonds is 6. The number of hydrogen-bond acceptors (Lipinski definition) is 8. The highest BCUT2D eigenvalue weighted by molar-refractivity contribution is 6.04. The van der Waals surface area contributed by atoms with Crippen LogP contribution in [0.3, 0.4) is 0 Å². The number of amides is 2. The highest BCUT2D eigenvalue weighted by Crippen LogP contribution is 2.26. The number of anilines is 2. The highest BCUT2D eigenvalue weighted by atomic mass is 19.2. The molecule has 0 fully saturated rings. The van der Waals surface area contributed by atoms with E-state index >= 15 is 0 Å². The lowest BCUT2D eigenvalue weighted by Crippen LogP contribution is -2.19. The first-order valence-electron chi connectivity index (χ1n) is 10.4. The van der Waals surface area contributed by atoms with Crippen LogP contribution in [0.2, 0.25) is 0 Å². The number of aromatic nitrogens is 6. The Labute approximate surface area is 205 Å². The van der Waals surface area contributed by atoms with Gasteiger partial charge in [0.2, 0.25) is 11.9 Å². The minimum Gasteiger partial charge on any atom is -0.441 e. The number of nitrogens with zero attached hydrogens (tertiary/aromatic N) is 6. The fraction of sp³-hybridized carbons (Fsp3) is 0.136. The highest BCUT2D eigenvalue weighted by Gasteiger charge is 2.22. The van der Waals surface area contributed by atoms with Crippen LogP contribution in [0.25, 0.3) is 11.4 Å². The third-order valence-corrected chi connectivity index (χ3v) is 4.96. The van der Waals surface area contributed by atoms with Crippen molar-refractivity contribution in [1.82, 2.24) is 29.9 Å². The average Bonchev–Trinajstić information content (AvgIpc) is 3.22. The molecular weight excluding hydrogens is 500 g/mol. The fourth-order valence-corrected chi connectivity index (χ4v) is 3.14. The topological polar surface area (TPSA) is 137 Å². The molecule has 4 aromatic rings. The number of hydrogen-bond donors (Lipinski definition) is 2. The fourth-order valence-electron chi connectivity index (χ4n) is 3.14. The van der Waals surface area contributed by atoms with Crippen LogP contribution in [0, 0.1) is 23.5 Å². The maximum atomic E-state index is 13.9. The molecule has 11 nitrogen and oxygen atoms in total. The Balaban J connectivity index is 1.47. The molecule has 15 heteroatoms. The van der Waals surface area contributed by atoms with Gasteiger partial charge in [0.25, 0.3) is 5.91 Å². The molecule has 4 aromatic heterocycles. The van der Waals surface area contributed by atoms with Crippen LogP contribution in [0.4, 0.5) is 33.9 Å². The summed E-state index contributed by atoms with van der Waals surface area (Å²) in [5.74, 6) is -5.44. The Morgan fingerprint density at radius 2 is 1.78 bits per heavy atom. The summed E-state index contributed by atoms with van der Waals surface area (Å²) in [5.41, 5.74) is -0.310. The third-order valence-electron chi connectivity index (χ3n) is 4.96. The summed E-state index contributed by atoms with van der Waals surface area (Å²) < 4.78 is 60.6. The van der Waals surface area contributed by atoms with E-state index in [1.165, 1.54) is 37.0 Å². The van der Waals surface area contributed by atoms with Crippen molar-refractivity contribution in [3.05, 3.63) is 77.5 Å². The van der Waals surface area contributed by atoms with Gasteiger partial charge in [-0.25, -0.2) is 28.2 Å². The molecule has 1 atom stereocenters. The maximum absolute atomic E-state index is 13.9. The van der Waals surface area contributed by atoms with Crippen molar-refractivity contribution in [3.8, 4) is 11.4 Å². The summed E-state index contributed by atoms with van der Waals surface area (Å²) >= 11 is 0. The number of halogens is 4. The van der Waals surface area contributed by atoms with E-state index in [9.17, 15) is 27.2 Å². The molecule has 4 rings (SSSR count). The minimum absolute atomic E-state index is 0.0636. The summed E-state index contributed by atoms with van der Waals surface area (Å²) in [6.45, 7) is 1.34. The Morgan fingerprint density at radius 3 is 2.51 bits per heavy atom. The van der Waals surface area contributed by atoms with Crippen LogP contribution in [0.1, 0.15) is 28.9 Å². The van der Waals surface area contributed by atoms with Crippen molar-refractivity contribution in [2.45, 2.75) is 13.0 Å². The van der Waals surface area contributed by atoms with Gasteiger partial charge in [-0.1, -0.05) is 5.21 Å². The van der Waals surface area contributed by atoms with E-state index in [-0.39, 0.29) is 28.5 Å². The maximum Gasteiger partial charge on any atom is 0.413 e. The molecule has 4 heterocycles. The number of ether oxygens (including phenoxy) is 1. The monoisotopic (exact) mass is 516 g/mol. The molecular formula is C22H16F4N8O3. The third kappa shape index (κ3) is 5.50. The predicted octanol–water partition coefficient (Wildman–Crippen LogP) is 3.79. The quantitative estimate of drug-likeness (QED) is 0.292. The lowest BCUT2D eigenvalue weighted by Gasteiger charge is -2.15. The van der Waals surface area contributed by atoms with Crippen molar-refractivity contribution in [2.24, 2.45) is 7.05 Å². The van der Waals surface area contributed by atoms with E-state index in [2.05, 4.69) is 35.9 Å². The van der Waals surface area contributed by atoms with Crippen LogP contribution >= 0.6 is 0 Å². The summed E-state index contributed by atoms with van der Waals surface area (Å²) in [7, 11) is 1.47. The summed E-state index contributed by atoms with van der Waals surface area (Å²) in [5, 5.41) is 12.6. The molecule has 190 valence electrons. The second-order valence-electron chi connectivity index (χ2n) is 7.47. The molecule has 0 aliphatic rings. The van der Waals surface area contributed by atoms with Crippen LogP contribution in [-0.4, -0.2) is 41.9 Å². The molecule has 0 bridgehead atoms. The molecule has 0 aliphatic carbocycles. The first kappa shape index (κ1) is 25.2. The molecule has 0 saturated heterocycles. The van der Waals surface area contributed by atoms with Crippen molar-refractivity contribution < 1.29 is 31.9 Å². The molecule has 2 amide bonds. The van der Waals surface area contributed by atoms with Crippen molar-refractivity contribution in [1.29, 1.82) is 0 Å². The first-order valence-corrected chi connectivity index (χ1v) is 10.4. The second-order valence-corrected chi connectivity index (χ2v) is 7.47. The lowest BCUT2D eigenvalue weighted by atomic mass is 10.2. The van der Waals surface area contributed by atoms with E-state index in [4.69, 9.17) is 4.74 Å². The first-order chi connectivity index (χ1) is 17.6. The zero-order valence-electron chi connectivity index (χ0n) is 19.0. The zero-order valence-corrected chi connectivity index (χ0v) is 19.0. The van der Waals surface area contributed by atoms with Gasteiger partial charge in [0.15, 0.2) is 17.3 Å². The normalized spacial score (nSPS) is 11.6. The Bertz CT molecular complexity index is 1480. The van der Waals surface area contributed by atoms with Gasteiger partial charge in [0, 0.05) is 13.2 Å². The van der Waals surface area contributed by atoms with Crippen molar-refractivity contribution in [3.63, 3.8) is 0 Å². The SMILES string of the molecule is C[C@@H](OC(=O)Nc1c(-c2ccc(NC(=O)c3ccnc(F)c3F)cn2)nnn1C)c1cc(F)cnc1F. The molecule has 0 spiro atoms. The number of carbonyl (C=O) groups excluding carboxylic acids is 2. The smallest absolute Gasteiger partial charge is 0.413 e. The standard InChI is InChI=1S/C22H16F4N8O3/c1-10(14-7-11(23)8-29-18(14)25)37-22(36)31-20-17(32-33-34(20)2)15-4-3-12(9-28-15)30-21(35)13-5-6-27-19(26)16(13)24/h3-10H,1-2H3,(H,30,35)(H,31,36)/t10-/m1/s1. The van der Waals surface area contributed by atoms with E-state index in [1.54, 1.807) is 0 Å². The van der Waals surface area contributed by atoms with Gasteiger partial charge in [-0.2, -0.15) is 8.78 Å². The van der Waals surface area contributed by atoms with E-state index < -0.39 is 47.2 Å². The molecule has 0 aromatic carbocycles. The molecule has 0 unspecified atom stereocenters. The van der Waals surface area contributed by atoms with E-state index in [0.717, 1.165) is 18.3 Å². The molecule has 0 aliphatic heterocycles. The predicted molar refractivity (Wildman–Crippen MR) is 119 cm³/mol. The van der Waals surface area contributed by atoms with Crippen molar-refractivity contribution in [2.75, 3.05) is 10.6 Å². The number of pyridine rings is 3. The number of aryl methyl sites for hydroxylation is 1. The Hall–Kier alpha value is -4.95. The van der Waals surface area contributed by atoms with Gasteiger partial charge in [-0.3, -0.25) is 15.1 Å². The summed E-state index contributed by atoms with van der Waals surface area (Å²) in [6.07, 6.45) is 0.682. The number of carbonyl (C=O) groups is 2. The average molecular weight is 516 g/mol. The van der Waals surface area contributed by atoms with Gasteiger partial charge in [0.05, 0.1) is 34.9 Å². The van der Waals surface area contributed by atoms with Gasteiger partial charge < -0.3 is 10.1 Å². The van der Waals surface area contributed by atoms with Crippen LogP contribution in [0.15, 0.2) is 42.9 Å². The Kier molecular flexibility index (Phi) is 7.04. The molecule has 37 heavy (non-hydrogen) atoms. The van der Waals surface area contributed by atoms with E-state index in [0.29, 0.717) is 6.20 Å². The number of nitrogens with one attached hydrogen (secondary N) is 2. The van der Waals surface area contributed by atoms with E-state index in [1.807, 2.05) is 0 Å². The van der Waals surface area contributed by atoms with Crippen LogP contribution < -0.4 is 10.6 Å². The minimum atomic E-state index is -1.41. The molecule has 2 N–H and O–H groups in total. The lowest BCUT2D eigenvalue weighted by molar-refractivity contribution is 0.102. The largest absolute Gasteiger partial charge is 0.441 e. The van der Waals surface area contributed by atoms with Crippen LogP contribution in [-0.2, 0) is 11.8 Å². The second kappa shape index (κ2) is 10.3.